The fraction of sp³-hybridized carbons (Fsp3) is 0.316. The van der Waals surface area contributed by atoms with Crippen LogP contribution < -0.4 is 14.2 Å². The van der Waals surface area contributed by atoms with Crippen LogP contribution >= 0.6 is 12.2 Å². The van der Waals surface area contributed by atoms with E-state index >= 15 is 0 Å². The van der Waals surface area contributed by atoms with Gasteiger partial charge in [0.1, 0.15) is 5.75 Å². The fourth-order valence-corrected chi connectivity index (χ4v) is 3.75. The lowest BCUT2D eigenvalue weighted by atomic mass is 9.78. The highest BCUT2D eigenvalue weighted by atomic mass is 32.1. The van der Waals surface area contributed by atoms with Crippen LogP contribution in [0.2, 0.25) is 0 Å². The summed E-state index contributed by atoms with van der Waals surface area (Å²) < 4.78 is 16.9. The third-order valence-corrected chi connectivity index (χ3v) is 4.73. The monoisotopic (exact) mass is 326 g/mol. The molecule has 2 aromatic rings. The predicted molar refractivity (Wildman–Crippen MR) is 92.9 cm³/mol. The first-order chi connectivity index (χ1) is 11.3. The number of fused-ring (bicyclic) bond motifs is 2. The zero-order valence-corrected chi connectivity index (χ0v) is 13.8. The molecule has 0 bridgehead atoms. The Morgan fingerprint density at radius 3 is 2.74 bits per heavy atom. The van der Waals surface area contributed by atoms with E-state index < -0.39 is 0 Å². The molecule has 118 valence electrons. The van der Waals surface area contributed by atoms with Crippen molar-refractivity contribution in [2.75, 3.05) is 13.4 Å². The van der Waals surface area contributed by atoms with E-state index in [1.165, 1.54) is 16.7 Å². The number of hydrogen-bond acceptors (Lipinski definition) is 4. The van der Waals surface area contributed by atoms with Crippen LogP contribution in [0, 0.1) is 0 Å². The molecular formula is C19H18O3S. The molecule has 0 aromatic heterocycles. The van der Waals surface area contributed by atoms with Crippen LogP contribution in [0.1, 0.15) is 36.0 Å². The number of thiocarbonyl (C=S) groups is 1. The topological polar surface area (TPSA) is 27.7 Å². The van der Waals surface area contributed by atoms with E-state index in [1.807, 2.05) is 19.1 Å². The van der Waals surface area contributed by atoms with Crippen molar-refractivity contribution in [3.63, 3.8) is 0 Å². The minimum absolute atomic E-state index is 0.212. The van der Waals surface area contributed by atoms with E-state index in [2.05, 4.69) is 24.3 Å². The molecule has 0 fully saturated rings. The highest BCUT2D eigenvalue weighted by Gasteiger charge is 2.29. The predicted octanol–water partition coefficient (Wildman–Crippen LogP) is 4.26. The Kier molecular flexibility index (Phi) is 3.69. The Morgan fingerprint density at radius 1 is 1.13 bits per heavy atom. The van der Waals surface area contributed by atoms with Gasteiger partial charge in [0.2, 0.25) is 6.79 Å². The largest absolute Gasteiger partial charge is 0.494 e. The molecule has 4 heteroatoms. The molecule has 2 aliphatic rings. The van der Waals surface area contributed by atoms with Crippen molar-refractivity contribution in [1.82, 2.24) is 0 Å². The lowest BCUT2D eigenvalue weighted by Crippen LogP contribution is -2.18. The van der Waals surface area contributed by atoms with Crippen LogP contribution in [0.25, 0.3) is 0 Å². The van der Waals surface area contributed by atoms with Gasteiger partial charge in [0.25, 0.3) is 0 Å². The van der Waals surface area contributed by atoms with E-state index in [-0.39, 0.29) is 5.92 Å². The van der Waals surface area contributed by atoms with Gasteiger partial charge in [-0.15, -0.1) is 0 Å². The van der Waals surface area contributed by atoms with Gasteiger partial charge in [-0.25, -0.2) is 0 Å². The van der Waals surface area contributed by atoms with Gasteiger partial charge in [-0.3, -0.25) is 0 Å². The van der Waals surface area contributed by atoms with Gasteiger partial charge in [0.05, 0.1) is 6.61 Å². The van der Waals surface area contributed by atoms with Gasteiger partial charge >= 0.3 is 0 Å². The maximum Gasteiger partial charge on any atom is 0.231 e. The third kappa shape index (κ3) is 2.57. The van der Waals surface area contributed by atoms with Crippen molar-refractivity contribution in [3.8, 4) is 17.2 Å². The molecule has 0 radical (unpaired) electrons. The summed E-state index contributed by atoms with van der Waals surface area (Å²) in [5.41, 5.74) is 3.70. The van der Waals surface area contributed by atoms with Crippen LogP contribution in [0.5, 0.6) is 17.2 Å². The molecule has 0 N–H and O–H groups in total. The van der Waals surface area contributed by atoms with E-state index in [4.69, 9.17) is 26.4 Å². The lowest BCUT2D eigenvalue weighted by Gasteiger charge is -2.28. The molecule has 0 amide bonds. The van der Waals surface area contributed by atoms with Gasteiger partial charge in [-0.05, 0) is 47.5 Å². The van der Waals surface area contributed by atoms with E-state index in [9.17, 15) is 0 Å². The quantitative estimate of drug-likeness (QED) is 0.788. The van der Waals surface area contributed by atoms with E-state index in [0.717, 1.165) is 35.0 Å². The Labute approximate surface area is 141 Å². The first-order valence-electron chi connectivity index (χ1n) is 7.92. The summed E-state index contributed by atoms with van der Waals surface area (Å²) >= 11 is 5.58. The van der Waals surface area contributed by atoms with Crippen molar-refractivity contribution in [2.45, 2.75) is 25.7 Å². The smallest absolute Gasteiger partial charge is 0.231 e. The zero-order valence-electron chi connectivity index (χ0n) is 13.0. The third-order valence-electron chi connectivity index (χ3n) is 4.42. The van der Waals surface area contributed by atoms with Gasteiger partial charge in [0, 0.05) is 17.9 Å². The molecule has 0 spiro atoms. The van der Waals surface area contributed by atoms with Crippen LogP contribution in [-0.4, -0.2) is 18.3 Å². The second-order valence-corrected chi connectivity index (χ2v) is 6.42. The van der Waals surface area contributed by atoms with Crippen LogP contribution in [0.15, 0.2) is 36.4 Å². The highest BCUT2D eigenvalue weighted by molar-refractivity contribution is 7.80. The molecule has 0 unspecified atom stereocenters. The summed E-state index contributed by atoms with van der Waals surface area (Å²) in [5, 5.41) is 0. The normalized spacial score (nSPS) is 18.7. The Hall–Kier alpha value is -2.07. The Bertz CT molecular complexity index is 769. The number of benzene rings is 2. The molecule has 0 saturated heterocycles. The average molecular weight is 326 g/mol. The highest BCUT2D eigenvalue weighted by Crippen LogP contribution is 2.44. The second kappa shape index (κ2) is 5.85. The molecule has 1 aliphatic heterocycles. The zero-order chi connectivity index (χ0) is 15.8. The van der Waals surface area contributed by atoms with Crippen molar-refractivity contribution >= 4 is 17.1 Å². The lowest BCUT2D eigenvalue weighted by molar-refractivity contribution is 0.174. The maximum atomic E-state index is 5.83. The standard InChI is InChI=1S/C19H18O3S/c1-2-20-17-6-4-3-5-14(17)16-9-13(23)7-12-8-18-19(10-15(12)16)22-11-21-18/h3-6,8,10,16H,2,7,9,11H2,1H3/t16-/m0/s1. The van der Waals surface area contributed by atoms with E-state index in [0.29, 0.717) is 13.4 Å². The molecule has 1 atom stereocenters. The summed E-state index contributed by atoms with van der Waals surface area (Å²) in [6, 6.07) is 12.4. The summed E-state index contributed by atoms with van der Waals surface area (Å²) in [6.45, 7) is 2.96. The van der Waals surface area contributed by atoms with Gasteiger partial charge < -0.3 is 14.2 Å². The Balaban J connectivity index is 1.83. The van der Waals surface area contributed by atoms with Gasteiger partial charge in [-0.1, -0.05) is 30.4 Å². The summed E-state index contributed by atoms with van der Waals surface area (Å²) in [4.78, 5) is 1.08. The van der Waals surface area contributed by atoms with Gasteiger partial charge in [-0.2, -0.15) is 0 Å². The first-order valence-corrected chi connectivity index (χ1v) is 8.33. The molecular weight excluding hydrogens is 308 g/mol. The molecule has 4 rings (SSSR count). The van der Waals surface area contributed by atoms with Crippen LogP contribution in [0.4, 0.5) is 0 Å². The maximum absolute atomic E-state index is 5.83. The number of rotatable bonds is 3. The average Bonchev–Trinajstić information content (AvgIpc) is 3.00. The van der Waals surface area contributed by atoms with Crippen LogP contribution in [-0.2, 0) is 6.42 Å². The van der Waals surface area contributed by atoms with Crippen molar-refractivity contribution in [2.24, 2.45) is 0 Å². The first kappa shape index (κ1) is 14.5. The summed E-state index contributed by atoms with van der Waals surface area (Å²) in [5.74, 6) is 2.80. The second-order valence-electron chi connectivity index (χ2n) is 5.85. The fourth-order valence-electron chi connectivity index (χ4n) is 3.43. The number of ether oxygens (including phenoxy) is 3. The van der Waals surface area contributed by atoms with Crippen molar-refractivity contribution < 1.29 is 14.2 Å². The number of para-hydroxylation sites is 1. The molecule has 0 saturated carbocycles. The Morgan fingerprint density at radius 2 is 1.91 bits per heavy atom. The molecule has 2 aromatic carbocycles. The summed E-state index contributed by atoms with van der Waals surface area (Å²) in [7, 11) is 0. The number of hydrogen-bond donors (Lipinski definition) is 0. The van der Waals surface area contributed by atoms with Crippen LogP contribution in [0.3, 0.4) is 0 Å². The molecule has 3 nitrogen and oxygen atoms in total. The minimum atomic E-state index is 0.212. The summed E-state index contributed by atoms with van der Waals surface area (Å²) in [6.07, 6.45) is 1.70. The SMILES string of the molecule is CCOc1ccccc1[C@@H]1CC(=S)Cc2cc3c(cc21)OCO3. The molecule has 23 heavy (non-hydrogen) atoms. The van der Waals surface area contributed by atoms with Crippen molar-refractivity contribution in [3.05, 3.63) is 53.1 Å². The van der Waals surface area contributed by atoms with Crippen molar-refractivity contribution in [1.29, 1.82) is 0 Å². The molecule has 1 aliphatic carbocycles. The minimum Gasteiger partial charge on any atom is -0.494 e. The van der Waals surface area contributed by atoms with Gasteiger partial charge in [0.15, 0.2) is 11.5 Å². The van der Waals surface area contributed by atoms with E-state index in [1.54, 1.807) is 0 Å². The molecule has 1 heterocycles.